The average Bonchev–Trinajstić information content (AvgIpc) is 3.13. The van der Waals surface area contributed by atoms with Gasteiger partial charge in [-0.15, -0.1) is 0 Å². The Morgan fingerprint density at radius 2 is 2.12 bits per heavy atom. The van der Waals surface area contributed by atoms with Crippen LogP contribution in [0.5, 0.6) is 0 Å². The largest absolute Gasteiger partial charge is 0.384 e. The number of likely N-dealkylation sites (tertiary alicyclic amines) is 1. The maximum absolute atomic E-state index is 11.9. The Bertz CT molecular complexity index is 749. The standard InChI is InChI=1S/C19H24N4O2/c1-22-8-11(9-23-10-17(24)21-19(23)25)5-14-13-3-2-4-15-18(13)12(7-20-15)6-16(14)22/h2-4,11-12,14,16,20H,5-10H2,1H3,(H,21,24,25)/t11-,12?,14-,16-/m1/s1. The lowest BCUT2D eigenvalue weighted by atomic mass is 9.68. The molecule has 3 heterocycles. The van der Waals surface area contributed by atoms with E-state index in [0.29, 0.717) is 30.3 Å². The summed E-state index contributed by atoms with van der Waals surface area (Å²) in [5.41, 5.74) is 4.35. The van der Waals surface area contributed by atoms with Crippen molar-refractivity contribution in [3.8, 4) is 0 Å². The Morgan fingerprint density at radius 3 is 2.92 bits per heavy atom. The molecule has 0 aromatic heterocycles. The molecule has 0 radical (unpaired) electrons. The van der Waals surface area contributed by atoms with Crippen molar-refractivity contribution in [1.82, 2.24) is 15.1 Å². The number of anilines is 1. The van der Waals surface area contributed by atoms with E-state index in [4.69, 9.17) is 0 Å². The van der Waals surface area contributed by atoms with E-state index in [0.717, 1.165) is 19.5 Å². The van der Waals surface area contributed by atoms with Crippen LogP contribution in [0.4, 0.5) is 10.5 Å². The highest BCUT2D eigenvalue weighted by Crippen LogP contribution is 2.50. The highest BCUT2D eigenvalue weighted by Gasteiger charge is 2.44. The summed E-state index contributed by atoms with van der Waals surface area (Å²) in [6.07, 6.45) is 2.31. The zero-order valence-electron chi connectivity index (χ0n) is 14.5. The molecular formula is C19H24N4O2. The number of nitrogens with one attached hydrogen (secondary N) is 2. The molecule has 4 atom stereocenters. The molecule has 1 unspecified atom stereocenters. The predicted molar refractivity (Wildman–Crippen MR) is 94.7 cm³/mol. The van der Waals surface area contributed by atoms with E-state index >= 15 is 0 Å². The maximum atomic E-state index is 11.9. The lowest BCUT2D eigenvalue weighted by molar-refractivity contribution is -0.118. The van der Waals surface area contributed by atoms with E-state index in [-0.39, 0.29) is 18.5 Å². The van der Waals surface area contributed by atoms with Crippen LogP contribution in [0.25, 0.3) is 0 Å². The molecule has 2 fully saturated rings. The summed E-state index contributed by atoms with van der Waals surface area (Å²) in [6, 6.07) is 7.02. The van der Waals surface area contributed by atoms with Crippen LogP contribution >= 0.6 is 0 Å². The highest BCUT2D eigenvalue weighted by atomic mass is 16.2. The van der Waals surface area contributed by atoms with Crippen LogP contribution in [0.3, 0.4) is 0 Å². The zero-order valence-corrected chi connectivity index (χ0v) is 14.5. The summed E-state index contributed by atoms with van der Waals surface area (Å²) in [5.74, 6) is 1.38. The minimum Gasteiger partial charge on any atom is -0.384 e. The van der Waals surface area contributed by atoms with Crippen molar-refractivity contribution >= 4 is 17.6 Å². The van der Waals surface area contributed by atoms with Gasteiger partial charge >= 0.3 is 6.03 Å². The molecule has 1 aliphatic carbocycles. The molecule has 6 nitrogen and oxygen atoms in total. The van der Waals surface area contributed by atoms with Gasteiger partial charge in [0.25, 0.3) is 0 Å². The first-order valence-corrected chi connectivity index (χ1v) is 9.26. The average molecular weight is 340 g/mol. The van der Waals surface area contributed by atoms with Gasteiger partial charge < -0.3 is 15.1 Å². The summed E-state index contributed by atoms with van der Waals surface area (Å²) in [5, 5.41) is 5.96. The molecule has 2 N–H and O–H groups in total. The number of piperidine rings is 1. The van der Waals surface area contributed by atoms with Gasteiger partial charge in [-0.1, -0.05) is 12.1 Å². The third-order valence-electron chi connectivity index (χ3n) is 6.52. The number of rotatable bonds is 2. The molecule has 5 rings (SSSR count). The molecule has 1 aromatic carbocycles. The minimum atomic E-state index is -0.233. The van der Waals surface area contributed by atoms with Gasteiger partial charge in [0.1, 0.15) is 6.54 Å². The van der Waals surface area contributed by atoms with Crippen molar-refractivity contribution in [2.24, 2.45) is 5.92 Å². The number of fused-ring (bicyclic) bond motifs is 2. The lowest BCUT2D eigenvalue weighted by Gasteiger charge is -2.48. The third-order valence-corrected chi connectivity index (χ3v) is 6.52. The van der Waals surface area contributed by atoms with Gasteiger partial charge in [0.2, 0.25) is 5.91 Å². The van der Waals surface area contributed by atoms with Crippen LogP contribution in [0.2, 0.25) is 0 Å². The Hall–Kier alpha value is -2.08. The Kier molecular flexibility index (Phi) is 3.32. The van der Waals surface area contributed by atoms with Crippen molar-refractivity contribution in [1.29, 1.82) is 0 Å². The van der Waals surface area contributed by atoms with Gasteiger partial charge in [0.15, 0.2) is 0 Å². The van der Waals surface area contributed by atoms with E-state index < -0.39 is 0 Å². The number of carbonyl (C=O) groups is 2. The van der Waals surface area contributed by atoms with Gasteiger partial charge in [-0.05, 0) is 43.0 Å². The topological polar surface area (TPSA) is 64.7 Å². The quantitative estimate of drug-likeness (QED) is 0.802. The summed E-state index contributed by atoms with van der Waals surface area (Å²) in [6.45, 7) is 2.93. The zero-order chi connectivity index (χ0) is 17.1. The number of carbonyl (C=O) groups excluding carboxylic acids is 2. The molecule has 4 aliphatic rings. The fourth-order valence-electron chi connectivity index (χ4n) is 5.54. The van der Waals surface area contributed by atoms with E-state index in [1.807, 2.05) is 0 Å². The van der Waals surface area contributed by atoms with Gasteiger partial charge in [0, 0.05) is 43.2 Å². The van der Waals surface area contributed by atoms with Gasteiger partial charge in [-0.3, -0.25) is 10.1 Å². The monoisotopic (exact) mass is 340 g/mol. The second-order valence-corrected chi connectivity index (χ2v) is 8.07. The van der Waals surface area contributed by atoms with E-state index in [2.05, 4.69) is 40.8 Å². The molecule has 3 aliphatic heterocycles. The smallest absolute Gasteiger partial charge is 0.324 e. The number of urea groups is 1. The number of hydrogen-bond donors (Lipinski definition) is 2. The first kappa shape index (κ1) is 15.2. The molecule has 3 amide bonds. The van der Waals surface area contributed by atoms with Crippen LogP contribution in [0, 0.1) is 5.92 Å². The van der Waals surface area contributed by atoms with Crippen LogP contribution in [-0.4, -0.2) is 61.0 Å². The molecule has 0 bridgehead atoms. The summed E-state index contributed by atoms with van der Waals surface area (Å²) in [7, 11) is 2.22. The maximum Gasteiger partial charge on any atom is 0.324 e. The molecule has 1 aromatic rings. The summed E-state index contributed by atoms with van der Waals surface area (Å²) in [4.78, 5) is 27.5. The van der Waals surface area contributed by atoms with Crippen molar-refractivity contribution in [2.45, 2.75) is 30.7 Å². The lowest BCUT2D eigenvalue weighted by Crippen LogP contribution is -2.50. The Labute approximate surface area is 147 Å². The first-order chi connectivity index (χ1) is 12.1. The third kappa shape index (κ3) is 2.34. The number of hydrogen-bond acceptors (Lipinski definition) is 4. The minimum absolute atomic E-state index is 0.181. The van der Waals surface area contributed by atoms with Crippen molar-refractivity contribution in [2.75, 3.05) is 38.5 Å². The first-order valence-electron chi connectivity index (χ1n) is 9.26. The van der Waals surface area contributed by atoms with Crippen LogP contribution < -0.4 is 10.6 Å². The SMILES string of the molecule is CN1C[C@H](CN2CC(=O)NC2=O)C[C@@H]2c3cccc4c3C(CN4)C[C@H]21. The number of imide groups is 1. The van der Waals surface area contributed by atoms with Crippen molar-refractivity contribution in [3.63, 3.8) is 0 Å². The fourth-order valence-corrected chi connectivity index (χ4v) is 5.54. The Morgan fingerprint density at radius 1 is 1.24 bits per heavy atom. The molecular weight excluding hydrogens is 316 g/mol. The second kappa shape index (κ2) is 5.46. The van der Waals surface area contributed by atoms with Crippen LogP contribution in [0.1, 0.15) is 35.8 Å². The van der Waals surface area contributed by atoms with Crippen LogP contribution in [0.15, 0.2) is 18.2 Å². The number of amides is 3. The molecule has 6 heteroatoms. The summed E-state index contributed by atoms with van der Waals surface area (Å²) < 4.78 is 0. The summed E-state index contributed by atoms with van der Waals surface area (Å²) >= 11 is 0. The van der Waals surface area contributed by atoms with Gasteiger partial charge in [-0.25, -0.2) is 4.79 Å². The highest BCUT2D eigenvalue weighted by molar-refractivity contribution is 6.01. The Balaban J connectivity index is 1.41. The van der Waals surface area contributed by atoms with Crippen LogP contribution in [-0.2, 0) is 4.79 Å². The van der Waals surface area contributed by atoms with E-state index in [9.17, 15) is 9.59 Å². The number of likely N-dealkylation sites (N-methyl/N-ethyl adjacent to an activating group) is 1. The molecule has 132 valence electrons. The van der Waals surface area contributed by atoms with Gasteiger partial charge in [0.05, 0.1) is 0 Å². The fraction of sp³-hybridized carbons (Fsp3) is 0.579. The molecule has 25 heavy (non-hydrogen) atoms. The number of nitrogens with zero attached hydrogens (tertiary/aromatic N) is 2. The predicted octanol–water partition coefficient (Wildman–Crippen LogP) is 1.56. The van der Waals surface area contributed by atoms with Crippen molar-refractivity contribution in [3.05, 3.63) is 29.3 Å². The molecule has 2 saturated heterocycles. The number of benzene rings is 1. The normalized spacial score (nSPS) is 33.7. The van der Waals surface area contributed by atoms with Gasteiger partial charge in [-0.2, -0.15) is 0 Å². The van der Waals surface area contributed by atoms with Crippen molar-refractivity contribution < 1.29 is 9.59 Å². The molecule has 0 saturated carbocycles. The van der Waals surface area contributed by atoms with E-state index in [1.165, 1.54) is 23.2 Å². The molecule has 0 spiro atoms. The van der Waals surface area contributed by atoms with E-state index in [1.54, 1.807) is 4.90 Å². The second-order valence-electron chi connectivity index (χ2n) is 8.07.